The Kier molecular flexibility index (Phi) is 4.62. The van der Waals surface area contributed by atoms with Gasteiger partial charge in [-0.05, 0) is 18.2 Å². The molecule has 0 unspecified atom stereocenters. The van der Waals surface area contributed by atoms with E-state index >= 15 is 0 Å². The van der Waals surface area contributed by atoms with E-state index in [-0.39, 0.29) is 18.3 Å². The lowest BCUT2D eigenvalue weighted by Gasteiger charge is -2.10. The van der Waals surface area contributed by atoms with Gasteiger partial charge in [-0.15, -0.1) is 0 Å². The Hall–Kier alpha value is -2.47. The van der Waals surface area contributed by atoms with Crippen molar-refractivity contribution in [3.8, 4) is 5.75 Å². The molecule has 20 heavy (non-hydrogen) atoms. The second-order valence-corrected chi connectivity index (χ2v) is 4.01. The van der Waals surface area contributed by atoms with Crippen molar-refractivity contribution in [2.45, 2.75) is 6.54 Å². The Morgan fingerprint density at radius 2 is 2.10 bits per heavy atom. The lowest BCUT2D eigenvalue weighted by atomic mass is 10.2. The molecule has 6 heteroatoms. The Morgan fingerprint density at radius 1 is 1.30 bits per heavy atom. The van der Waals surface area contributed by atoms with Gasteiger partial charge in [-0.1, -0.05) is 18.2 Å². The number of aromatic nitrogens is 1. The molecule has 0 aliphatic rings. The molecule has 0 aliphatic heterocycles. The van der Waals surface area contributed by atoms with Gasteiger partial charge < -0.3 is 15.8 Å². The van der Waals surface area contributed by atoms with Crippen molar-refractivity contribution in [1.29, 1.82) is 0 Å². The second kappa shape index (κ2) is 6.63. The molecule has 0 radical (unpaired) electrons. The number of benzene rings is 1. The van der Waals surface area contributed by atoms with Gasteiger partial charge in [-0.3, -0.25) is 4.79 Å². The monoisotopic (exact) mass is 275 g/mol. The summed E-state index contributed by atoms with van der Waals surface area (Å²) in [5.74, 6) is -0.00335. The molecule has 0 fully saturated rings. The van der Waals surface area contributed by atoms with E-state index in [4.69, 9.17) is 10.5 Å². The van der Waals surface area contributed by atoms with Crippen LogP contribution in [0, 0.1) is 5.82 Å². The van der Waals surface area contributed by atoms with Crippen molar-refractivity contribution in [2.75, 3.05) is 11.9 Å². The fourth-order valence-corrected chi connectivity index (χ4v) is 1.59. The predicted octanol–water partition coefficient (Wildman–Crippen LogP) is 1.70. The standard InChI is InChI=1S/C14H14FN3O2/c15-11-5-6-13(17-8-11)18-14(19)9-20-12-4-2-1-3-10(12)7-16/h1-6,8H,7,9,16H2,(H,17,18,19). The number of rotatable bonds is 5. The number of halogens is 1. The van der Waals surface area contributed by atoms with Crippen LogP contribution in [0.5, 0.6) is 5.75 Å². The van der Waals surface area contributed by atoms with Crippen LogP contribution >= 0.6 is 0 Å². The van der Waals surface area contributed by atoms with Crippen LogP contribution in [0.3, 0.4) is 0 Å². The Balaban J connectivity index is 1.90. The smallest absolute Gasteiger partial charge is 0.263 e. The van der Waals surface area contributed by atoms with Crippen molar-refractivity contribution in [1.82, 2.24) is 4.98 Å². The second-order valence-electron chi connectivity index (χ2n) is 4.01. The van der Waals surface area contributed by atoms with Crippen LogP contribution in [0.15, 0.2) is 42.6 Å². The van der Waals surface area contributed by atoms with Crippen LogP contribution in [0.4, 0.5) is 10.2 Å². The van der Waals surface area contributed by atoms with Crippen LogP contribution < -0.4 is 15.8 Å². The molecule has 0 spiro atoms. The van der Waals surface area contributed by atoms with Gasteiger partial charge >= 0.3 is 0 Å². The Morgan fingerprint density at radius 3 is 2.80 bits per heavy atom. The number of hydrogen-bond acceptors (Lipinski definition) is 4. The average Bonchev–Trinajstić information content (AvgIpc) is 2.48. The van der Waals surface area contributed by atoms with Gasteiger partial charge in [0, 0.05) is 12.1 Å². The minimum absolute atomic E-state index is 0.171. The summed E-state index contributed by atoms with van der Waals surface area (Å²) < 4.78 is 18.1. The van der Waals surface area contributed by atoms with Gasteiger partial charge in [0.05, 0.1) is 6.20 Å². The third-order valence-corrected chi connectivity index (χ3v) is 2.55. The fourth-order valence-electron chi connectivity index (χ4n) is 1.59. The third-order valence-electron chi connectivity index (χ3n) is 2.55. The van der Waals surface area contributed by atoms with Crippen molar-refractivity contribution in [2.24, 2.45) is 5.73 Å². The lowest BCUT2D eigenvalue weighted by molar-refractivity contribution is -0.118. The number of carbonyl (C=O) groups excluding carboxylic acids is 1. The molecular weight excluding hydrogens is 261 g/mol. The van der Waals surface area contributed by atoms with Crippen molar-refractivity contribution in [3.05, 3.63) is 54.0 Å². The quantitative estimate of drug-likeness (QED) is 0.870. The number of nitrogens with zero attached hydrogens (tertiary/aromatic N) is 1. The highest BCUT2D eigenvalue weighted by molar-refractivity contribution is 5.90. The molecular formula is C14H14FN3O2. The molecule has 1 heterocycles. The molecule has 1 aromatic heterocycles. The van der Waals surface area contributed by atoms with Crippen LogP contribution in [0.1, 0.15) is 5.56 Å². The fraction of sp³-hybridized carbons (Fsp3) is 0.143. The molecule has 0 saturated heterocycles. The van der Waals surface area contributed by atoms with Gasteiger partial charge in [0.25, 0.3) is 5.91 Å². The minimum atomic E-state index is -0.462. The van der Waals surface area contributed by atoms with E-state index in [1.54, 1.807) is 12.1 Å². The Labute approximate surface area is 115 Å². The van der Waals surface area contributed by atoms with Gasteiger partial charge in [-0.2, -0.15) is 0 Å². The molecule has 0 bridgehead atoms. The summed E-state index contributed by atoms with van der Waals surface area (Å²) in [4.78, 5) is 15.4. The molecule has 5 nitrogen and oxygen atoms in total. The first-order valence-corrected chi connectivity index (χ1v) is 6.01. The molecule has 2 aromatic rings. The first-order valence-electron chi connectivity index (χ1n) is 6.01. The minimum Gasteiger partial charge on any atom is -0.483 e. The molecule has 0 aliphatic carbocycles. The van der Waals surface area contributed by atoms with E-state index in [9.17, 15) is 9.18 Å². The van der Waals surface area contributed by atoms with Crippen molar-refractivity contribution in [3.63, 3.8) is 0 Å². The van der Waals surface area contributed by atoms with Gasteiger partial charge in [0.1, 0.15) is 17.4 Å². The van der Waals surface area contributed by atoms with Crippen LogP contribution in [0.25, 0.3) is 0 Å². The number of amides is 1. The number of carbonyl (C=O) groups is 1. The normalized spacial score (nSPS) is 10.1. The van der Waals surface area contributed by atoms with E-state index in [0.717, 1.165) is 11.8 Å². The van der Waals surface area contributed by atoms with E-state index in [1.807, 2.05) is 12.1 Å². The number of pyridine rings is 1. The summed E-state index contributed by atoms with van der Waals surface area (Å²) in [5, 5.41) is 2.50. The molecule has 3 N–H and O–H groups in total. The average molecular weight is 275 g/mol. The number of anilines is 1. The Bertz CT molecular complexity index is 587. The first-order chi connectivity index (χ1) is 9.69. The summed E-state index contributed by atoms with van der Waals surface area (Å²) >= 11 is 0. The highest BCUT2D eigenvalue weighted by Gasteiger charge is 2.06. The molecule has 2 rings (SSSR count). The zero-order chi connectivity index (χ0) is 14.4. The van der Waals surface area contributed by atoms with Crippen molar-refractivity contribution >= 4 is 11.7 Å². The number of nitrogens with one attached hydrogen (secondary N) is 1. The largest absolute Gasteiger partial charge is 0.483 e. The molecule has 0 atom stereocenters. The summed E-state index contributed by atoms with van der Waals surface area (Å²) in [7, 11) is 0. The number of para-hydroxylation sites is 1. The van der Waals surface area contributed by atoms with E-state index in [1.165, 1.54) is 12.1 Å². The SMILES string of the molecule is NCc1ccccc1OCC(=O)Nc1ccc(F)cn1. The lowest BCUT2D eigenvalue weighted by Crippen LogP contribution is -2.21. The van der Waals surface area contributed by atoms with Crippen LogP contribution in [-0.2, 0) is 11.3 Å². The zero-order valence-corrected chi connectivity index (χ0v) is 10.7. The maximum Gasteiger partial charge on any atom is 0.263 e. The van der Waals surface area contributed by atoms with Gasteiger partial charge in [-0.25, -0.2) is 9.37 Å². The first kappa shape index (κ1) is 14.0. The van der Waals surface area contributed by atoms with Crippen LogP contribution in [0.2, 0.25) is 0 Å². The maximum absolute atomic E-state index is 12.7. The number of nitrogens with two attached hydrogens (primary N) is 1. The number of hydrogen-bond donors (Lipinski definition) is 2. The summed E-state index contributed by atoms with van der Waals surface area (Å²) in [6.45, 7) is 0.160. The highest BCUT2D eigenvalue weighted by atomic mass is 19.1. The van der Waals surface area contributed by atoms with E-state index < -0.39 is 5.82 Å². The maximum atomic E-state index is 12.7. The van der Waals surface area contributed by atoms with Gasteiger partial charge in [0.15, 0.2) is 6.61 Å². The third kappa shape index (κ3) is 3.76. The van der Waals surface area contributed by atoms with Crippen molar-refractivity contribution < 1.29 is 13.9 Å². The summed E-state index contributed by atoms with van der Waals surface area (Å²) in [5.41, 5.74) is 6.39. The zero-order valence-electron chi connectivity index (χ0n) is 10.7. The molecule has 1 aromatic carbocycles. The summed E-state index contributed by atoms with van der Waals surface area (Å²) in [6, 6.07) is 9.81. The van der Waals surface area contributed by atoms with Crippen LogP contribution in [-0.4, -0.2) is 17.5 Å². The van der Waals surface area contributed by atoms with E-state index in [0.29, 0.717) is 12.3 Å². The predicted molar refractivity (Wildman–Crippen MR) is 72.7 cm³/mol. The van der Waals surface area contributed by atoms with E-state index in [2.05, 4.69) is 10.3 Å². The number of ether oxygens (including phenoxy) is 1. The molecule has 1 amide bonds. The highest BCUT2D eigenvalue weighted by Crippen LogP contribution is 2.16. The topological polar surface area (TPSA) is 77.2 Å². The summed E-state index contributed by atoms with van der Waals surface area (Å²) in [6.07, 6.45) is 1.03. The molecule has 0 saturated carbocycles. The van der Waals surface area contributed by atoms with Gasteiger partial charge in [0.2, 0.25) is 0 Å². The molecule has 104 valence electrons.